The minimum atomic E-state index is 0.367. The molecule has 3 nitrogen and oxygen atoms in total. The normalized spacial score (nSPS) is 8.67. The Kier molecular flexibility index (Phi) is 8.15. The van der Waals surface area contributed by atoms with Crippen LogP contribution in [-0.2, 0) is 16.0 Å². The lowest BCUT2D eigenvalue weighted by Crippen LogP contribution is -1.80. The third-order valence-corrected chi connectivity index (χ3v) is 1.68. The first kappa shape index (κ1) is 13.5. The maximum Gasteiger partial charge on any atom is 0.293 e. The van der Waals surface area contributed by atoms with Gasteiger partial charge in [-0.1, -0.05) is 25.5 Å². The van der Waals surface area contributed by atoms with Crippen LogP contribution in [0.15, 0.2) is 24.3 Å². The standard InChI is InChI=1S/C9H12O.C3H6O2/c1-2-4-8-5-3-6-9(10)7-8;1-2-5-3-4/h3,5-7,10H,2,4H2,1H3;3H,2H2,1H3. The molecule has 0 aliphatic rings. The Labute approximate surface area is 90.7 Å². The van der Waals surface area contributed by atoms with Crippen molar-refractivity contribution in [2.75, 3.05) is 6.61 Å². The molecule has 0 saturated heterocycles. The van der Waals surface area contributed by atoms with Crippen LogP contribution in [0.25, 0.3) is 0 Å². The molecule has 1 aromatic carbocycles. The number of carbonyl (C=O) groups excluding carboxylic acids is 1. The maximum atomic E-state index is 9.18. The molecule has 15 heavy (non-hydrogen) atoms. The van der Waals surface area contributed by atoms with Gasteiger partial charge in [-0.2, -0.15) is 0 Å². The third-order valence-electron chi connectivity index (χ3n) is 1.68. The van der Waals surface area contributed by atoms with Crippen molar-refractivity contribution in [1.82, 2.24) is 0 Å². The van der Waals surface area contributed by atoms with Crippen molar-refractivity contribution in [3.63, 3.8) is 0 Å². The second kappa shape index (κ2) is 9.06. The van der Waals surface area contributed by atoms with Crippen LogP contribution in [0.2, 0.25) is 0 Å². The van der Waals surface area contributed by atoms with Gasteiger partial charge in [0.1, 0.15) is 5.75 Å². The molecule has 0 spiro atoms. The Morgan fingerprint density at radius 3 is 2.53 bits per heavy atom. The molecule has 1 rings (SSSR count). The van der Waals surface area contributed by atoms with Gasteiger partial charge in [-0.3, -0.25) is 4.79 Å². The summed E-state index contributed by atoms with van der Waals surface area (Å²) in [5, 5.41) is 9.04. The number of carbonyl (C=O) groups is 1. The van der Waals surface area contributed by atoms with E-state index in [1.807, 2.05) is 18.2 Å². The lowest BCUT2D eigenvalue weighted by molar-refractivity contribution is -0.128. The second-order valence-corrected chi connectivity index (χ2v) is 2.97. The monoisotopic (exact) mass is 210 g/mol. The highest BCUT2D eigenvalue weighted by atomic mass is 16.5. The Morgan fingerprint density at radius 1 is 1.40 bits per heavy atom. The molecule has 0 atom stereocenters. The molecule has 0 aliphatic carbocycles. The van der Waals surface area contributed by atoms with Crippen molar-refractivity contribution in [3.05, 3.63) is 29.8 Å². The summed E-state index contributed by atoms with van der Waals surface area (Å²) in [6.07, 6.45) is 2.18. The van der Waals surface area contributed by atoms with E-state index in [9.17, 15) is 4.79 Å². The summed E-state index contributed by atoms with van der Waals surface area (Å²) in [4.78, 5) is 9.18. The number of ether oxygens (including phenoxy) is 1. The smallest absolute Gasteiger partial charge is 0.293 e. The Morgan fingerprint density at radius 2 is 2.13 bits per heavy atom. The number of hydrogen-bond donors (Lipinski definition) is 1. The first-order chi connectivity index (χ1) is 7.24. The summed E-state index contributed by atoms with van der Waals surface area (Å²) in [7, 11) is 0. The summed E-state index contributed by atoms with van der Waals surface area (Å²) in [5.41, 5.74) is 1.21. The predicted octanol–water partition coefficient (Wildman–Crippen LogP) is 2.52. The number of aryl methyl sites for hydroxylation is 1. The van der Waals surface area contributed by atoms with E-state index in [-0.39, 0.29) is 0 Å². The topological polar surface area (TPSA) is 46.5 Å². The summed E-state index contributed by atoms with van der Waals surface area (Å²) in [6, 6.07) is 7.41. The lowest BCUT2D eigenvalue weighted by Gasteiger charge is -1.97. The van der Waals surface area contributed by atoms with Gasteiger partial charge in [0.05, 0.1) is 6.61 Å². The minimum absolute atomic E-state index is 0.367. The van der Waals surface area contributed by atoms with Crippen LogP contribution in [0.5, 0.6) is 5.75 Å². The first-order valence-corrected chi connectivity index (χ1v) is 5.07. The minimum Gasteiger partial charge on any atom is -0.508 e. The molecular weight excluding hydrogens is 192 g/mol. The van der Waals surface area contributed by atoms with Crippen molar-refractivity contribution in [3.8, 4) is 5.75 Å². The number of hydrogen-bond acceptors (Lipinski definition) is 3. The fourth-order valence-corrected chi connectivity index (χ4v) is 1.07. The van der Waals surface area contributed by atoms with Crippen LogP contribution in [0, 0.1) is 0 Å². The van der Waals surface area contributed by atoms with E-state index in [2.05, 4.69) is 11.7 Å². The molecule has 0 unspecified atom stereocenters. The Bertz CT molecular complexity index is 271. The number of benzene rings is 1. The molecule has 3 heteroatoms. The van der Waals surface area contributed by atoms with Gasteiger partial charge in [0, 0.05) is 0 Å². The van der Waals surface area contributed by atoms with E-state index in [0.717, 1.165) is 12.8 Å². The van der Waals surface area contributed by atoms with Crippen molar-refractivity contribution < 1.29 is 14.6 Å². The largest absolute Gasteiger partial charge is 0.508 e. The Hall–Kier alpha value is -1.51. The quantitative estimate of drug-likeness (QED) is 0.777. The molecular formula is C12H18O3. The fourth-order valence-electron chi connectivity index (χ4n) is 1.07. The summed E-state index contributed by atoms with van der Waals surface area (Å²) in [5.74, 6) is 0.367. The zero-order valence-electron chi connectivity index (χ0n) is 9.27. The molecule has 0 heterocycles. The van der Waals surface area contributed by atoms with E-state index in [0.29, 0.717) is 18.8 Å². The average Bonchev–Trinajstić information content (AvgIpc) is 2.20. The number of phenols is 1. The van der Waals surface area contributed by atoms with E-state index in [4.69, 9.17) is 5.11 Å². The van der Waals surface area contributed by atoms with Crippen LogP contribution in [0.1, 0.15) is 25.8 Å². The molecule has 0 fully saturated rings. The van der Waals surface area contributed by atoms with E-state index < -0.39 is 0 Å². The highest BCUT2D eigenvalue weighted by Gasteiger charge is 1.90. The molecule has 1 N–H and O–H groups in total. The summed E-state index contributed by atoms with van der Waals surface area (Å²) >= 11 is 0. The maximum absolute atomic E-state index is 9.18. The van der Waals surface area contributed by atoms with Crippen LogP contribution >= 0.6 is 0 Å². The van der Waals surface area contributed by atoms with Crippen molar-refractivity contribution in [1.29, 1.82) is 0 Å². The van der Waals surface area contributed by atoms with Gasteiger partial charge < -0.3 is 9.84 Å². The van der Waals surface area contributed by atoms with Gasteiger partial charge in [-0.15, -0.1) is 0 Å². The van der Waals surface area contributed by atoms with Crippen LogP contribution in [0.3, 0.4) is 0 Å². The van der Waals surface area contributed by atoms with Gasteiger partial charge in [-0.05, 0) is 31.0 Å². The fraction of sp³-hybridized carbons (Fsp3) is 0.417. The third kappa shape index (κ3) is 7.55. The molecule has 0 radical (unpaired) electrons. The molecule has 0 aromatic heterocycles. The van der Waals surface area contributed by atoms with Crippen molar-refractivity contribution in [2.45, 2.75) is 26.7 Å². The van der Waals surface area contributed by atoms with Gasteiger partial charge in [-0.25, -0.2) is 0 Å². The highest BCUT2D eigenvalue weighted by molar-refractivity contribution is 5.36. The zero-order valence-corrected chi connectivity index (χ0v) is 9.27. The summed E-state index contributed by atoms with van der Waals surface area (Å²) < 4.78 is 4.15. The van der Waals surface area contributed by atoms with Gasteiger partial charge in [0.2, 0.25) is 0 Å². The van der Waals surface area contributed by atoms with Gasteiger partial charge >= 0.3 is 0 Å². The van der Waals surface area contributed by atoms with Crippen LogP contribution in [0.4, 0.5) is 0 Å². The highest BCUT2D eigenvalue weighted by Crippen LogP contribution is 2.11. The number of aromatic hydroxyl groups is 1. The van der Waals surface area contributed by atoms with E-state index >= 15 is 0 Å². The second-order valence-electron chi connectivity index (χ2n) is 2.97. The number of phenolic OH excluding ortho intramolecular Hbond substituents is 1. The molecule has 1 aromatic rings. The first-order valence-electron chi connectivity index (χ1n) is 5.07. The number of rotatable bonds is 4. The molecule has 0 saturated carbocycles. The van der Waals surface area contributed by atoms with E-state index in [1.165, 1.54) is 5.56 Å². The van der Waals surface area contributed by atoms with Gasteiger partial charge in [0.15, 0.2) is 0 Å². The molecule has 0 bridgehead atoms. The average molecular weight is 210 g/mol. The zero-order chi connectivity index (χ0) is 11.5. The molecule has 0 amide bonds. The predicted molar refractivity (Wildman–Crippen MR) is 59.8 cm³/mol. The molecule has 0 aliphatic heterocycles. The Balaban J connectivity index is 0.000000336. The van der Waals surface area contributed by atoms with Gasteiger partial charge in [0.25, 0.3) is 6.47 Å². The van der Waals surface area contributed by atoms with Crippen LogP contribution in [-0.4, -0.2) is 18.2 Å². The molecule has 84 valence electrons. The van der Waals surface area contributed by atoms with Crippen molar-refractivity contribution >= 4 is 6.47 Å². The summed E-state index contributed by atoms with van der Waals surface area (Å²) in [6.45, 7) is 4.79. The van der Waals surface area contributed by atoms with E-state index in [1.54, 1.807) is 13.0 Å². The lowest BCUT2D eigenvalue weighted by atomic mass is 10.1. The van der Waals surface area contributed by atoms with Crippen molar-refractivity contribution in [2.24, 2.45) is 0 Å². The van der Waals surface area contributed by atoms with Crippen LogP contribution < -0.4 is 0 Å². The SMILES string of the molecule is CCCc1cccc(O)c1.CCOC=O.